The van der Waals surface area contributed by atoms with Gasteiger partial charge in [0.05, 0.1) is 6.54 Å². The van der Waals surface area contributed by atoms with E-state index in [1.54, 1.807) is 6.92 Å². The second kappa shape index (κ2) is 8.23. The van der Waals surface area contributed by atoms with Crippen LogP contribution >= 0.6 is 0 Å². The Morgan fingerprint density at radius 3 is 2.80 bits per heavy atom. The van der Waals surface area contributed by atoms with E-state index < -0.39 is 0 Å². The molecule has 0 aliphatic carbocycles. The van der Waals surface area contributed by atoms with E-state index in [0.29, 0.717) is 12.0 Å². The van der Waals surface area contributed by atoms with Crippen molar-refractivity contribution in [1.29, 1.82) is 0 Å². The van der Waals surface area contributed by atoms with Gasteiger partial charge in [-0.25, -0.2) is 4.68 Å². The number of hydrogen-bond acceptors (Lipinski definition) is 6. The van der Waals surface area contributed by atoms with Gasteiger partial charge in [0, 0.05) is 58.8 Å². The standard InChI is InChI=1S/C17H31N7O/c1-4-6-24-17(18-19-20-24)13-21-11-14(2)16(12-21)23-8-5-7-22(9-10-23)15(3)25/h14,16H,4-13H2,1-3H3/t14-,16-/m1/s1. The molecule has 0 radical (unpaired) electrons. The second-order valence-corrected chi connectivity index (χ2v) is 7.45. The summed E-state index contributed by atoms with van der Waals surface area (Å²) in [6.45, 7) is 13.8. The summed E-state index contributed by atoms with van der Waals surface area (Å²) >= 11 is 0. The van der Waals surface area contributed by atoms with Gasteiger partial charge in [0.1, 0.15) is 0 Å². The molecule has 1 aromatic rings. The van der Waals surface area contributed by atoms with E-state index in [1.165, 1.54) is 0 Å². The van der Waals surface area contributed by atoms with Gasteiger partial charge in [0.2, 0.25) is 5.91 Å². The third-order valence-electron chi connectivity index (χ3n) is 5.50. The number of aryl methyl sites for hydroxylation is 1. The van der Waals surface area contributed by atoms with E-state index >= 15 is 0 Å². The van der Waals surface area contributed by atoms with Crippen molar-refractivity contribution >= 4 is 5.91 Å². The average molecular weight is 349 g/mol. The molecule has 25 heavy (non-hydrogen) atoms. The molecule has 0 aromatic carbocycles. The minimum absolute atomic E-state index is 0.200. The molecular formula is C17H31N7O. The first kappa shape index (κ1) is 18.3. The maximum Gasteiger partial charge on any atom is 0.219 e. The van der Waals surface area contributed by atoms with Crippen LogP contribution in [0.1, 0.15) is 39.4 Å². The summed E-state index contributed by atoms with van der Waals surface area (Å²) in [4.78, 5) is 18.7. The highest BCUT2D eigenvalue weighted by Crippen LogP contribution is 2.24. The number of nitrogens with zero attached hydrogens (tertiary/aromatic N) is 7. The highest BCUT2D eigenvalue weighted by molar-refractivity contribution is 5.73. The van der Waals surface area contributed by atoms with E-state index in [9.17, 15) is 4.79 Å². The summed E-state index contributed by atoms with van der Waals surface area (Å²) in [6, 6.07) is 0.558. The second-order valence-electron chi connectivity index (χ2n) is 7.45. The van der Waals surface area contributed by atoms with Gasteiger partial charge in [-0.15, -0.1) is 5.10 Å². The number of hydrogen-bond donors (Lipinski definition) is 0. The largest absolute Gasteiger partial charge is 0.342 e. The molecule has 0 unspecified atom stereocenters. The third-order valence-corrected chi connectivity index (χ3v) is 5.50. The number of carbonyl (C=O) groups is 1. The first-order chi connectivity index (χ1) is 12.1. The van der Waals surface area contributed by atoms with Crippen LogP contribution in [0.3, 0.4) is 0 Å². The Kier molecular flexibility index (Phi) is 6.01. The molecule has 0 N–H and O–H groups in total. The Morgan fingerprint density at radius 1 is 1.20 bits per heavy atom. The maximum absolute atomic E-state index is 11.6. The van der Waals surface area contributed by atoms with Gasteiger partial charge in [0.15, 0.2) is 5.82 Å². The fourth-order valence-electron chi connectivity index (χ4n) is 4.16. The van der Waals surface area contributed by atoms with Gasteiger partial charge < -0.3 is 4.90 Å². The van der Waals surface area contributed by atoms with E-state index in [0.717, 1.165) is 71.0 Å². The van der Waals surface area contributed by atoms with Crippen molar-refractivity contribution < 1.29 is 4.79 Å². The summed E-state index contributed by atoms with van der Waals surface area (Å²) in [6.07, 6.45) is 2.11. The van der Waals surface area contributed by atoms with Gasteiger partial charge in [0.25, 0.3) is 0 Å². The summed E-state index contributed by atoms with van der Waals surface area (Å²) in [5.74, 6) is 1.79. The molecule has 3 rings (SSSR count). The third kappa shape index (κ3) is 4.36. The lowest BCUT2D eigenvalue weighted by molar-refractivity contribution is -0.128. The summed E-state index contributed by atoms with van der Waals surface area (Å²) in [5, 5.41) is 12.1. The number of likely N-dealkylation sites (tertiary alicyclic amines) is 1. The van der Waals surface area contributed by atoms with Crippen molar-refractivity contribution in [2.75, 3.05) is 39.3 Å². The van der Waals surface area contributed by atoms with Crippen LogP contribution in [0.5, 0.6) is 0 Å². The number of tetrazole rings is 1. The van der Waals surface area contributed by atoms with Crippen molar-refractivity contribution in [1.82, 2.24) is 34.9 Å². The molecule has 2 aliphatic rings. The van der Waals surface area contributed by atoms with Crippen LogP contribution in [0.4, 0.5) is 0 Å². The Hall–Kier alpha value is -1.54. The fourth-order valence-corrected chi connectivity index (χ4v) is 4.16. The van der Waals surface area contributed by atoms with E-state index in [-0.39, 0.29) is 5.91 Å². The summed E-state index contributed by atoms with van der Waals surface area (Å²) in [5.41, 5.74) is 0. The van der Waals surface area contributed by atoms with Crippen LogP contribution in [-0.2, 0) is 17.9 Å². The lowest BCUT2D eigenvalue weighted by Crippen LogP contribution is -2.43. The molecule has 1 amide bonds. The van der Waals surface area contributed by atoms with Crippen LogP contribution in [0.15, 0.2) is 0 Å². The molecule has 1 aromatic heterocycles. The number of rotatable bonds is 5. The fraction of sp³-hybridized carbons (Fsp3) is 0.882. The SMILES string of the molecule is CCCn1nnnc1CN1C[C@@H](C)[C@H](N2CCCN(C(C)=O)CC2)C1. The smallest absolute Gasteiger partial charge is 0.219 e. The molecule has 140 valence electrons. The Morgan fingerprint density at radius 2 is 2.04 bits per heavy atom. The monoisotopic (exact) mass is 349 g/mol. The molecule has 0 spiro atoms. The van der Waals surface area contributed by atoms with E-state index in [2.05, 4.69) is 39.2 Å². The predicted molar refractivity (Wildman–Crippen MR) is 94.8 cm³/mol. The Balaban J connectivity index is 1.57. The predicted octanol–water partition coefficient (Wildman–Crippen LogP) is 0.458. The molecule has 8 heteroatoms. The molecule has 0 saturated carbocycles. The highest BCUT2D eigenvalue weighted by atomic mass is 16.2. The zero-order valence-corrected chi connectivity index (χ0v) is 15.8. The molecule has 0 bridgehead atoms. The zero-order chi connectivity index (χ0) is 17.8. The molecule has 8 nitrogen and oxygen atoms in total. The van der Waals surface area contributed by atoms with Crippen molar-refractivity contribution in [2.45, 2.75) is 52.7 Å². The lowest BCUT2D eigenvalue weighted by Gasteiger charge is -2.30. The summed E-state index contributed by atoms with van der Waals surface area (Å²) in [7, 11) is 0. The van der Waals surface area contributed by atoms with Crippen LogP contribution in [0, 0.1) is 5.92 Å². The van der Waals surface area contributed by atoms with Crippen molar-refractivity contribution in [2.24, 2.45) is 5.92 Å². The lowest BCUT2D eigenvalue weighted by atomic mass is 10.0. The number of amides is 1. The van der Waals surface area contributed by atoms with Crippen LogP contribution in [-0.4, -0.2) is 86.1 Å². The van der Waals surface area contributed by atoms with Crippen LogP contribution in [0.2, 0.25) is 0 Å². The zero-order valence-electron chi connectivity index (χ0n) is 15.8. The van der Waals surface area contributed by atoms with Crippen molar-refractivity contribution in [3.05, 3.63) is 5.82 Å². The first-order valence-electron chi connectivity index (χ1n) is 9.55. The molecule has 3 heterocycles. The van der Waals surface area contributed by atoms with Gasteiger partial charge in [-0.2, -0.15) is 0 Å². The number of aromatic nitrogens is 4. The maximum atomic E-state index is 11.6. The van der Waals surface area contributed by atoms with Gasteiger partial charge in [-0.3, -0.25) is 14.6 Å². The average Bonchev–Trinajstić information content (AvgIpc) is 3.06. The minimum atomic E-state index is 0.200. The quantitative estimate of drug-likeness (QED) is 0.769. The van der Waals surface area contributed by atoms with Gasteiger partial charge in [-0.1, -0.05) is 13.8 Å². The molecular weight excluding hydrogens is 318 g/mol. The van der Waals surface area contributed by atoms with Crippen molar-refractivity contribution in [3.63, 3.8) is 0 Å². The van der Waals surface area contributed by atoms with Crippen LogP contribution in [0.25, 0.3) is 0 Å². The Labute approximate surface area is 150 Å². The van der Waals surface area contributed by atoms with Gasteiger partial charge >= 0.3 is 0 Å². The van der Waals surface area contributed by atoms with E-state index in [4.69, 9.17) is 0 Å². The topological polar surface area (TPSA) is 70.4 Å². The molecule has 2 atom stereocenters. The number of carbonyl (C=O) groups excluding carboxylic acids is 1. The highest BCUT2D eigenvalue weighted by Gasteiger charge is 2.35. The molecule has 2 saturated heterocycles. The van der Waals surface area contributed by atoms with Crippen LogP contribution < -0.4 is 0 Å². The summed E-state index contributed by atoms with van der Waals surface area (Å²) < 4.78 is 1.93. The minimum Gasteiger partial charge on any atom is -0.342 e. The normalized spacial score (nSPS) is 26.1. The molecule has 2 aliphatic heterocycles. The van der Waals surface area contributed by atoms with Gasteiger partial charge in [-0.05, 0) is 29.2 Å². The van der Waals surface area contributed by atoms with E-state index in [1.807, 2.05) is 9.58 Å². The Bertz CT molecular complexity index is 575. The molecule has 2 fully saturated rings. The first-order valence-corrected chi connectivity index (χ1v) is 9.55. The van der Waals surface area contributed by atoms with Crippen molar-refractivity contribution in [3.8, 4) is 0 Å².